The van der Waals surface area contributed by atoms with Gasteiger partial charge in [-0.1, -0.05) is 30.3 Å². The fourth-order valence-corrected chi connectivity index (χ4v) is 3.13. The Morgan fingerprint density at radius 3 is 1.83 bits per heavy atom. The van der Waals surface area contributed by atoms with Crippen LogP contribution in [0, 0.1) is 0 Å². The molecule has 0 radical (unpaired) electrons. The van der Waals surface area contributed by atoms with Gasteiger partial charge in [0.25, 0.3) is 9.84 Å². The molecule has 0 atom stereocenters. The van der Waals surface area contributed by atoms with E-state index in [2.05, 4.69) is 4.74 Å². The zero-order chi connectivity index (χ0) is 22.9. The maximum absolute atomic E-state index is 14.0. The molecule has 0 aromatic heterocycles. The Morgan fingerprint density at radius 1 is 0.931 bits per heavy atom. The van der Waals surface area contributed by atoms with Crippen LogP contribution in [0.15, 0.2) is 35.2 Å². The van der Waals surface area contributed by atoms with E-state index >= 15 is 0 Å². The van der Waals surface area contributed by atoms with E-state index in [0.29, 0.717) is 0 Å². The number of rotatable bonds is 7. The minimum Gasteiger partial charge on any atom is -0.462 e. The molecule has 0 amide bonds. The predicted octanol–water partition coefficient (Wildman–Crippen LogP) is 4.43. The van der Waals surface area contributed by atoms with Crippen LogP contribution in [-0.4, -0.2) is 44.3 Å². The summed E-state index contributed by atoms with van der Waals surface area (Å²) < 4.78 is 146. The molecule has 0 aliphatic carbocycles. The highest BCUT2D eigenvalue weighted by Crippen LogP contribution is 2.55. The van der Waals surface area contributed by atoms with Crippen LogP contribution in [0.25, 0.3) is 6.08 Å². The molecule has 0 unspecified atom stereocenters. The Bertz CT molecular complexity index is 875. The molecule has 0 saturated carbocycles. The smallest absolute Gasteiger partial charge is 0.460 e. The number of halogens is 9. The van der Waals surface area contributed by atoms with Gasteiger partial charge in [-0.15, -0.1) is 0 Å². The zero-order valence-corrected chi connectivity index (χ0v) is 14.9. The summed E-state index contributed by atoms with van der Waals surface area (Å²) in [5.74, 6) is -17.1. The first kappa shape index (κ1) is 24.8. The highest BCUT2D eigenvalue weighted by Gasteiger charge is 2.85. The number of benzene rings is 1. The fraction of sp³-hybridized carbons (Fsp3) is 0.400. The summed E-state index contributed by atoms with van der Waals surface area (Å²) in [6.07, 6.45) is -7.13. The minimum absolute atomic E-state index is 0.0864. The SMILES string of the molecule is CCOC(=O)/C(=C\c1ccccc1)S(=O)(=O)C(F)(F)C(F)(F)C(F)(F)C(F)(F)F. The van der Waals surface area contributed by atoms with Gasteiger partial charge >= 0.3 is 29.2 Å². The van der Waals surface area contributed by atoms with Crippen molar-refractivity contribution in [2.24, 2.45) is 0 Å². The molecule has 0 spiro atoms. The normalized spacial score (nSPS) is 14.6. The largest absolute Gasteiger partial charge is 0.462 e. The number of carbonyl (C=O) groups excluding carboxylic acids is 1. The number of alkyl halides is 9. The van der Waals surface area contributed by atoms with Crippen molar-refractivity contribution in [1.82, 2.24) is 0 Å². The zero-order valence-electron chi connectivity index (χ0n) is 14.1. The van der Waals surface area contributed by atoms with Gasteiger partial charge in [0, 0.05) is 0 Å². The lowest BCUT2D eigenvalue weighted by Gasteiger charge is -2.33. The molecule has 0 heterocycles. The van der Waals surface area contributed by atoms with Gasteiger partial charge in [-0.3, -0.25) is 0 Å². The molecule has 0 N–H and O–H groups in total. The second-order valence-electron chi connectivity index (χ2n) is 5.31. The van der Waals surface area contributed by atoms with Crippen molar-refractivity contribution in [3.8, 4) is 0 Å². The van der Waals surface area contributed by atoms with Crippen LogP contribution in [0.4, 0.5) is 39.5 Å². The molecular weight excluding hydrogens is 447 g/mol. The molecule has 0 saturated heterocycles. The highest BCUT2D eigenvalue weighted by atomic mass is 32.2. The molecule has 1 rings (SSSR count). The van der Waals surface area contributed by atoms with Crippen molar-refractivity contribution >= 4 is 21.9 Å². The molecule has 0 aliphatic heterocycles. The van der Waals surface area contributed by atoms with Gasteiger partial charge in [0.15, 0.2) is 4.91 Å². The highest BCUT2D eigenvalue weighted by molar-refractivity contribution is 7.97. The van der Waals surface area contributed by atoms with Crippen LogP contribution >= 0.6 is 0 Å². The molecule has 0 bridgehead atoms. The van der Waals surface area contributed by atoms with Gasteiger partial charge in [0.2, 0.25) is 0 Å². The van der Waals surface area contributed by atoms with Gasteiger partial charge in [0.1, 0.15) is 0 Å². The van der Waals surface area contributed by atoms with E-state index in [-0.39, 0.29) is 11.6 Å². The predicted molar refractivity (Wildman–Crippen MR) is 80.9 cm³/mol. The third kappa shape index (κ3) is 4.21. The van der Waals surface area contributed by atoms with Crippen LogP contribution in [0.3, 0.4) is 0 Å². The standard InChI is InChI=1S/C15H11F9O4S/c1-2-28-11(25)10(8-9-6-4-3-5-7-9)29(26,27)15(23,24)13(18,19)12(16,17)14(20,21)22/h3-8H,2H2,1H3/b10-8+. The summed E-state index contributed by atoms with van der Waals surface area (Å²) in [4.78, 5) is 9.53. The second kappa shape index (κ2) is 7.88. The van der Waals surface area contributed by atoms with Crippen LogP contribution in [0.1, 0.15) is 12.5 Å². The second-order valence-corrected chi connectivity index (χ2v) is 7.27. The van der Waals surface area contributed by atoms with Gasteiger partial charge in [0.05, 0.1) is 6.61 Å². The molecule has 1 aromatic carbocycles. The number of esters is 1. The summed E-state index contributed by atoms with van der Waals surface area (Å²) >= 11 is 0. The Kier molecular flexibility index (Phi) is 6.73. The van der Waals surface area contributed by atoms with E-state index < -0.39 is 50.6 Å². The molecule has 14 heteroatoms. The van der Waals surface area contributed by atoms with E-state index in [1.807, 2.05) is 0 Å². The maximum atomic E-state index is 14.0. The first-order valence-electron chi connectivity index (χ1n) is 7.33. The number of hydrogen-bond acceptors (Lipinski definition) is 4. The summed E-state index contributed by atoms with van der Waals surface area (Å²) in [6.45, 7) is 0.413. The van der Waals surface area contributed by atoms with Crippen molar-refractivity contribution < 1.29 is 57.5 Å². The van der Waals surface area contributed by atoms with E-state index in [4.69, 9.17) is 0 Å². The average molecular weight is 458 g/mol. The molecule has 4 nitrogen and oxygen atoms in total. The summed E-state index contributed by atoms with van der Waals surface area (Å²) in [6, 6.07) is 5.77. The van der Waals surface area contributed by atoms with Crippen molar-refractivity contribution in [1.29, 1.82) is 0 Å². The van der Waals surface area contributed by atoms with E-state index in [1.165, 1.54) is 18.2 Å². The molecular formula is C15H11F9O4S. The van der Waals surface area contributed by atoms with Crippen LogP contribution < -0.4 is 0 Å². The third-order valence-corrected chi connectivity index (χ3v) is 5.11. The number of carbonyl (C=O) groups is 1. The quantitative estimate of drug-likeness (QED) is 0.345. The lowest BCUT2D eigenvalue weighted by atomic mass is 10.1. The van der Waals surface area contributed by atoms with Gasteiger partial charge in [-0.2, -0.15) is 39.5 Å². The topological polar surface area (TPSA) is 60.4 Å². The van der Waals surface area contributed by atoms with E-state index in [9.17, 15) is 52.7 Å². The average Bonchev–Trinajstić information content (AvgIpc) is 2.59. The van der Waals surface area contributed by atoms with Crippen molar-refractivity contribution in [2.75, 3.05) is 6.61 Å². The molecule has 0 fully saturated rings. The van der Waals surface area contributed by atoms with Crippen molar-refractivity contribution in [3.63, 3.8) is 0 Å². The number of sulfone groups is 1. The Hall–Kier alpha value is -2.25. The number of hydrogen-bond donors (Lipinski definition) is 0. The van der Waals surface area contributed by atoms with Crippen LogP contribution in [0.5, 0.6) is 0 Å². The summed E-state index contributed by atoms with van der Waals surface area (Å²) in [5.41, 5.74) is -0.346. The summed E-state index contributed by atoms with van der Waals surface area (Å²) in [7, 11) is -7.10. The van der Waals surface area contributed by atoms with Crippen molar-refractivity contribution in [2.45, 2.75) is 30.2 Å². The molecule has 29 heavy (non-hydrogen) atoms. The monoisotopic (exact) mass is 458 g/mol. The Labute approximate surface area is 157 Å². The van der Waals surface area contributed by atoms with E-state index in [1.54, 1.807) is 0 Å². The lowest BCUT2D eigenvalue weighted by molar-refractivity contribution is -0.382. The third-order valence-electron chi connectivity index (χ3n) is 3.32. The van der Waals surface area contributed by atoms with E-state index in [0.717, 1.165) is 19.1 Å². The fourth-order valence-electron chi connectivity index (χ4n) is 1.82. The summed E-state index contributed by atoms with van der Waals surface area (Å²) in [5, 5.41) is -7.04. The van der Waals surface area contributed by atoms with Gasteiger partial charge in [-0.05, 0) is 18.6 Å². The van der Waals surface area contributed by atoms with Gasteiger partial charge in [-0.25, -0.2) is 13.2 Å². The van der Waals surface area contributed by atoms with Crippen molar-refractivity contribution in [3.05, 3.63) is 40.8 Å². The lowest BCUT2D eigenvalue weighted by Crippen LogP contribution is -2.63. The Balaban J connectivity index is 3.72. The van der Waals surface area contributed by atoms with Gasteiger partial charge < -0.3 is 4.74 Å². The van der Waals surface area contributed by atoms with Crippen LogP contribution in [0.2, 0.25) is 0 Å². The number of ether oxygens (including phenoxy) is 1. The first-order chi connectivity index (χ1) is 12.9. The minimum atomic E-state index is -7.46. The molecule has 0 aliphatic rings. The van der Waals surface area contributed by atoms with Crippen LogP contribution in [-0.2, 0) is 19.4 Å². The Morgan fingerprint density at radius 2 is 1.41 bits per heavy atom. The first-order valence-corrected chi connectivity index (χ1v) is 8.82. The molecule has 1 aromatic rings. The maximum Gasteiger partial charge on any atom is 0.460 e. The molecule has 164 valence electrons.